The number of nitrogens with one attached hydrogen (secondary N) is 2. The molecule has 7 nitrogen and oxygen atoms in total. The first kappa shape index (κ1) is 23.3. The van der Waals surface area contributed by atoms with Crippen LogP contribution in [0.1, 0.15) is 42.9 Å². The van der Waals surface area contributed by atoms with Gasteiger partial charge in [0, 0.05) is 80.5 Å². The summed E-state index contributed by atoms with van der Waals surface area (Å²) in [7, 11) is 0. The van der Waals surface area contributed by atoms with Gasteiger partial charge in [-0.05, 0) is 44.4 Å². The van der Waals surface area contributed by atoms with Gasteiger partial charge in [-0.2, -0.15) is 0 Å². The number of ether oxygens (including phenoxy) is 1. The molecule has 0 unspecified atom stereocenters. The van der Waals surface area contributed by atoms with Crippen LogP contribution in [0.25, 0.3) is 16.9 Å². The van der Waals surface area contributed by atoms with Crippen molar-refractivity contribution in [1.82, 2.24) is 19.6 Å². The molecule has 0 radical (unpaired) electrons. The van der Waals surface area contributed by atoms with Crippen LogP contribution in [0.5, 0.6) is 0 Å². The van der Waals surface area contributed by atoms with Gasteiger partial charge in [-0.1, -0.05) is 23.8 Å². The van der Waals surface area contributed by atoms with Gasteiger partial charge in [-0.15, -0.1) is 0 Å². The van der Waals surface area contributed by atoms with Gasteiger partial charge in [0.2, 0.25) is 5.91 Å². The third-order valence-corrected chi connectivity index (χ3v) is 7.10. The monoisotopic (exact) mass is 471 g/mol. The van der Waals surface area contributed by atoms with E-state index in [1.54, 1.807) is 6.92 Å². The smallest absolute Gasteiger partial charge is 0.219 e. The van der Waals surface area contributed by atoms with Crippen molar-refractivity contribution in [2.75, 3.05) is 26.3 Å². The second kappa shape index (κ2) is 9.66. The Morgan fingerprint density at radius 2 is 2.00 bits per heavy atom. The predicted octanol–water partition coefficient (Wildman–Crippen LogP) is 4.26. The Morgan fingerprint density at radius 3 is 2.74 bits per heavy atom. The minimum Gasteiger partial charge on any atom is -0.385 e. The summed E-state index contributed by atoms with van der Waals surface area (Å²) in [6.45, 7) is 8.41. The quantitative estimate of drug-likeness (QED) is 0.545. The van der Waals surface area contributed by atoms with Crippen molar-refractivity contribution >= 4 is 17.3 Å². The average Bonchev–Trinajstić information content (AvgIpc) is 3.28. The Balaban J connectivity index is 1.54. The first-order chi connectivity index (χ1) is 16.9. The molecule has 1 amide bonds. The lowest BCUT2D eigenvalue weighted by molar-refractivity contribution is -0.128. The molecule has 7 heteroatoms. The lowest BCUT2D eigenvalue weighted by atomic mass is 9.95. The van der Waals surface area contributed by atoms with Crippen molar-refractivity contribution in [3.63, 3.8) is 0 Å². The van der Waals surface area contributed by atoms with E-state index in [-0.39, 0.29) is 5.91 Å². The minimum absolute atomic E-state index is 0.0385. The van der Waals surface area contributed by atoms with Crippen LogP contribution < -0.4 is 5.32 Å². The van der Waals surface area contributed by atoms with Gasteiger partial charge in [0.05, 0.1) is 11.4 Å². The fraction of sp³-hybridized carbons (Fsp3) is 0.393. The van der Waals surface area contributed by atoms with Crippen molar-refractivity contribution in [3.8, 4) is 11.3 Å². The zero-order valence-corrected chi connectivity index (χ0v) is 20.7. The maximum absolute atomic E-state index is 12.2. The van der Waals surface area contributed by atoms with Crippen LogP contribution in [-0.4, -0.2) is 58.2 Å². The van der Waals surface area contributed by atoms with Crippen LogP contribution in [0.15, 0.2) is 54.0 Å². The van der Waals surface area contributed by atoms with Crippen molar-refractivity contribution in [2.24, 2.45) is 0 Å². The van der Waals surface area contributed by atoms with E-state index in [9.17, 15) is 10.2 Å². The lowest BCUT2D eigenvalue weighted by Gasteiger charge is -2.34. The first-order valence-corrected chi connectivity index (χ1v) is 12.4. The highest BCUT2D eigenvalue weighted by Gasteiger charge is 2.27. The first-order valence-electron chi connectivity index (χ1n) is 12.4. The Morgan fingerprint density at radius 1 is 1.20 bits per heavy atom. The summed E-state index contributed by atoms with van der Waals surface area (Å²) in [5, 5.41) is 13.0. The molecular formula is C28H33N5O2. The zero-order chi connectivity index (χ0) is 24.5. The van der Waals surface area contributed by atoms with Crippen molar-refractivity contribution < 1.29 is 9.53 Å². The second-order valence-corrected chi connectivity index (χ2v) is 9.65. The Bertz CT molecular complexity index is 1320. The number of hydrogen-bond donors (Lipinski definition) is 2. The molecule has 0 spiro atoms. The van der Waals surface area contributed by atoms with Crippen molar-refractivity contribution in [1.29, 1.82) is 5.41 Å². The van der Waals surface area contributed by atoms with Crippen molar-refractivity contribution in [3.05, 3.63) is 70.7 Å². The number of imidazole rings is 1. The predicted molar refractivity (Wildman–Crippen MR) is 138 cm³/mol. The van der Waals surface area contributed by atoms with E-state index in [1.165, 1.54) is 11.1 Å². The zero-order valence-electron chi connectivity index (χ0n) is 20.7. The summed E-state index contributed by atoms with van der Waals surface area (Å²) in [6, 6.07) is 10.6. The lowest BCUT2D eigenvalue weighted by Crippen LogP contribution is -2.43. The molecule has 2 N–H and O–H groups in total. The van der Waals surface area contributed by atoms with Gasteiger partial charge in [0.15, 0.2) is 0 Å². The molecule has 2 aromatic heterocycles. The van der Waals surface area contributed by atoms with E-state index in [0.717, 1.165) is 66.2 Å². The third kappa shape index (κ3) is 4.73. The number of aromatic nitrogens is 2. The number of rotatable bonds is 5. The van der Waals surface area contributed by atoms with Crippen LogP contribution in [0, 0.1) is 19.3 Å². The number of carbonyl (C=O) groups excluding carboxylic acids is 1. The number of benzene rings is 1. The summed E-state index contributed by atoms with van der Waals surface area (Å²) in [5.41, 5.74) is 8.30. The van der Waals surface area contributed by atoms with E-state index in [0.29, 0.717) is 24.8 Å². The van der Waals surface area contributed by atoms with Crippen LogP contribution in [0.3, 0.4) is 0 Å². The molecule has 1 aromatic carbocycles. The molecule has 35 heavy (non-hydrogen) atoms. The van der Waals surface area contributed by atoms with Crippen LogP contribution in [-0.2, 0) is 9.53 Å². The standard InChI is InChI=1S/C28H33N5O2/c1-18-6-7-22(19(2)15-18)26-17-33-11-4-5-23(28(33)31-26)27(29)24-16-32(20(3)34)12-8-25(24)30-21-9-13-35-14-10-21/h4-7,11,15,17,21,29-30H,8-10,12-14,16H2,1-3H3. The number of hydrogen-bond acceptors (Lipinski definition) is 5. The molecule has 4 heterocycles. The highest BCUT2D eigenvalue weighted by molar-refractivity contribution is 6.15. The summed E-state index contributed by atoms with van der Waals surface area (Å²) in [6.07, 6.45) is 6.64. The molecule has 182 valence electrons. The number of pyridine rings is 1. The molecule has 5 rings (SSSR count). The maximum atomic E-state index is 12.2. The van der Waals surface area contributed by atoms with Gasteiger partial charge in [-0.25, -0.2) is 4.98 Å². The largest absolute Gasteiger partial charge is 0.385 e. The highest BCUT2D eigenvalue weighted by Crippen LogP contribution is 2.27. The van der Waals surface area contributed by atoms with Gasteiger partial charge < -0.3 is 19.4 Å². The molecular weight excluding hydrogens is 438 g/mol. The molecule has 0 saturated carbocycles. The summed E-state index contributed by atoms with van der Waals surface area (Å²) in [5.74, 6) is 0.0385. The maximum Gasteiger partial charge on any atom is 0.219 e. The number of amides is 1. The Labute approximate surface area is 206 Å². The third-order valence-electron chi connectivity index (χ3n) is 7.10. The molecule has 2 aliphatic rings. The van der Waals surface area contributed by atoms with Gasteiger partial charge in [0.25, 0.3) is 0 Å². The molecule has 1 fully saturated rings. The summed E-state index contributed by atoms with van der Waals surface area (Å²) in [4.78, 5) is 19.0. The fourth-order valence-electron chi connectivity index (χ4n) is 5.11. The topological polar surface area (TPSA) is 82.7 Å². The molecule has 0 bridgehead atoms. The highest BCUT2D eigenvalue weighted by atomic mass is 16.5. The molecule has 0 aliphatic carbocycles. The van der Waals surface area contributed by atoms with E-state index in [4.69, 9.17) is 9.72 Å². The number of fused-ring (bicyclic) bond motifs is 1. The van der Waals surface area contributed by atoms with E-state index < -0.39 is 0 Å². The number of aryl methyl sites for hydroxylation is 2. The van der Waals surface area contributed by atoms with E-state index in [1.807, 2.05) is 33.8 Å². The summed E-state index contributed by atoms with van der Waals surface area (Å²) >= 11 is 0. The van der Waals surface area contributed by atoms with Gasteiger partial charge >= 0.3 is 0 Å². The molecule has 3 aromatic rings. The molecule has 1 saturated heterocycles. The van der Waals surface area contributed by atoms with E-state index >= 15 is 0 Å². The SMILES string of the molecule is CC(=O)N1CCC(NC2CCOCC2)=C(C(=N)c2cccn3cc(-c4ccc(C)cc4C)nc23)C1. The second-order valence-electron chi connectivity index (χ2n) is 9.65. The van der Waals surface area contributed by atoms with Crippen molar-refractivity contribution in [2.45, 2.75) is 46.1 Å². The normalized spacial score (nSPS) is 17.2. The van der Waals surface area contributed by atoms with Gasteiger partial charge in [0.1, 0.15) is 5.65 Å². The van der Waals surface area contributed by atoms with E-state index in [2.05, 4.69) is 37.4 Å². The fourth-order valence-corrected chi connectivity index (χ4v) is 5.11. The Hall–Kier alpha value is -3.45. The van der Waals surface area contributed by atoms with Crippen LogP contribution in [0.2, 0.25) is 0 Å². The van der Waals surface area contributed by atoms with Gasteiger partial charge in [-0.3, -0.25) is 10.2 Å². The average molecular weight is 472 g/mol. The number of carbonyl (C=O) groups is 1. The number of nitrogens with zero attached hydrogens (tertiary/aromatic N) is 3. The molecule has 0 atom stereocenters. The van der Waals surface area contributed by atoms with Crippen LogP contribution in [0.4, 0.5) is 0 Å². The van der Waals surface area contributed by atoms with Crippen LogP contribution >= 0.6 is 0 Å². The molecule has 2 aliphatic heterocycles. The summed E-state index contributed by atoms with van der Waals surface area (Å²) < 4.78 is 7.52. The minimum atomic E-state index is 0.0385. The Kier molecular flexibility index (Phi) is 6.43.